The van der Waals surface area contributed by atoms with Crippen LogP contribution >= 0.6 is 11.3 Å². The minimum absolute atomic E-state index is 0.235. The molecule has 0 unspecified atom stereocenters. The van der Waals surface area contributed by atoms with Crippen LogP contribution in [0.1, 0.15) is 15.9 Å². The number of hydrogen-bond donors (Lipinski definition) is 1. The lowest BCUT2D eigenvalue weighted by molar-refractivity contribution is 0.0697. The maximum absolute atomic E-state index is 10.9. The highest BCUT2D eigenvalue weighted by atomic mass is 32.1. The molecule has 0 bridgehead atoms. The molecule has 0 atom stereocenters. The second kappa shape index (κ2) is 4.90. The zero-order chi connectivity index (χ0) is 14.1. The van der Waals surface area contributed by atoms with Crippen molar-refractivity contribution >= 4 is 27.5 Å². The van der Waals surface area contributed by atoms with E-state index in [0.29, 0.717) is 11.6 Å². The third-order valence-electron chi connectivity index (χ3n) is 2.84. The highest BCUT2D eigenvalue weighted by molar-refractivity contribution is 7.17. The molecule has 2 heterocycles. The number of hydrogen-bond acceptors (Lipinski definition) is 5. The van der Waals surface area contributed by atoms with E-state index in [4.69, 9.17) is 9.84 Å². The standard InChI is InChI=1S/C14H10N2O3S/c1-8-6-9(14(17)18)2-3-11(8)19-13-12-10(4-5-20-12)15-7-16-13/h2-7H,1H3,(H,17,18). The van der Waals surface area contributed by atoms with E-state index in [1.165, 1.54) is 23.7 Å². The molecular formula is C14H10N2O3S. The number of thiophene rings is 1. The number of nitrogens with zero attached hydrogens (tertiary/aromatic N) is 2. The largest absolute Gasteiger partial charge is 0.478 e. The monoisotopic (exact) mass is 286 g/mol. The molecule has 0 aliphatic rings. The molecule has 0 fully saturated rings. The third kappa shape index (κ3) is 2.21. The number of fused-ring (bicyclic) bond motifs is 1. The summed E-state index contributed by atoms with van der Waals surface area (Å²) in [6, 6.07) is 6.62. The van der Waals surface area contributed by atoms with E-state index in [1.807, 2.05) is 11.4 Å². The van der Waals surface area contributed by atoms with Crippen LogP contribution in [0.3, 0.4) is 0 Å². The first kappa shape index (κ1) is 12.6. The van der Waals surface area contributed by atoms with Crippen molar-refractivity contribution < 1.29 is 14.6 Å². The van der Waals surface area contributed by atoms with Gasteiger partial charge in [0.15, 0.2) is 0 Å². The van der Waals surface area contributed by atoms with Crippen LogP contribution in [-0.4, -0.2) is 21.0 Å². The molecule has 0 spiro atoms. The molecule has 0 aliphatic carbocycles. The number of benzene rings is 1. The number of carboxylic acid groups (broad SMARTS) is 1. The van der Waals surface area contributed by atoms with E-state index in [1.54, 1.807) is 19.1 Å². The minimum atomic E-state index is -0.956. The van der Waals surface area contributed by atoms with E-state index >= 15 is 0 Å². The molecule has 100 valence electrons. The van der Waals surface area contributed by atoms with Gasteiger partial charge in [0.05, 0.1) is 11.1 Å². The Hall–Kier alpha value is -2.47. The Morgan fingerprint density at radius 2 is 2.15 bits per heavy atom. The maximum Gasteiger partial charge on any atom is 0.335 e. The third-order valence-corrected chi connectivity index (χ3v) is 3.73. The number of aromatic carboxylic acids is 1. The summed E-state index contributed by atoms with van der Waals surface area (Å²) in [5.74, 6) is 0.113. The van der Waals surface area contributed by atoms with Crippen LogP contribution in [0.4, 0.5) is 0 Å². The van der Waals surface area contributed by atoms with Crippen molar-refractivity contribution in [2.24, 2.45) is 0 Å². The molecule has 1 N–H and O–H groups in total. The Morgan fingerprint density at radius 1 is 1.30 bits per heavy atom. The first-order valence-corrected chi connectivity index (χ1v) is 6.73. The SMILES string of the molecule is Cc1cc(C(=O)O)ccc1Oc1ncnc2ccsc12. The quantitative estimate of drug-likeness (QED) is 0.798. The Balaban J connectivity index is 1.99. The minimum Gasteiger partial charge on any atom is -0.478 e. The van der Waals surface area contributed by atoms with Crippen LogP contribution in [0, 0.1) is 6.92 Å². The Kier molecular flexibility index (Phi) is 3.08. The van der Waals surface area contributed by atoms with E-state index in [9.17, 15) is 4.79 Å². The number of carboxylic acids is 1. The van der Waals surface area contributed by atoms with Gasteiger partial charge in [0.2, 0.25) is 5.88 Å². The lowest BCUT2D eigenvalue weighted by Crippen LogP contribution is -1.98. The molecule has 1 aromatic carbocycles. The summed E-state index contributed by atoms with van der Waals surface area (Å²) < 4.78 is 6.65. The first-order chi connectivity index (χ1) is 9.65. The van der Waals surface area contributed by atoms with Crippen molar-refractivity contribution in [1.82, 2.24) is 9.97 Å². The van der Waals surface area contributed by atoms with Crippen LogP contribution in [0.5, 0.6) is 11.6 Å². The van der Waals surface area contributed by atoms with E-state index in [0.717, 1.165) is 15.8 Å². The Morgan fingerprint density at radius 3 is 2.90 bits per heavy atom. The molecule has 3 rings (SSSR count). The highest BCUT2D eigenvalue weighted by Gasteiger charge is 2.11. The van der Waals surface area contributed by atoms with E-state index < -0.39 is 5.97 Å². The number of ether oxygens (including phenoxy) is 1. The summed E-state index contributed by atoms with van der Waals surface area (Å²) in [7, 11) is 0. The van der Waals surface area contributed by atoms with Crippen LogP contribution in [-0.2, 0) is 0 Å². The smallest absolute Gasteiger partial charge is 0.335 e. The molecule has 5 nitrogen and oxygen atoms in total. The molecule has 0 amide bonds. The van der Waals surface area contributed by atoms with Crippen molar-refractivity contribution in [3.63, 3.8) is 0 Å². The Labute approximate surface area is 118 Å². The summed E-state index contributed by atoms with van der Waals surface area (Å²) in [6.45, 7) is 1.80. The first-order valence-electron chi connectivity index (χ1n) is 5.85. The number of aromatic nitrogens is 2. The number of rotatable bonds is 3. The molecule has 20 heavy (non-hydrogen) atoms. The van der Waals surface area contributed by atoms with Gasteiger partial charge in [-0.15, -0.1) is 11.3 Å². The molecule has 0 aliphatic heterocycles. The topological polar surface area (TPSA) is 72.3 Å². The van der Waals surface area contributed by atoms with Gasteiger partial charge >= 0.3 is 5.97 Å². The predicted molar refractivity (Wildman–Crippen MR) is 75.6 cm³/mol. The van der Waals surface area contributed by atoms with Crippen LogP contribution in [0.15, 0.2) is 36.0 Å². The van der Waals surface area contributed by atoms with Crippen molar-refractivity contribution in [3.8, 4) is 11.6 Å². The van der Waals surface area contributed by atoms with Gasteiger partial charge in [0, 0.05) is 0 Å². The van der Waals surface area contributed by atoms with Crippen molar-refractivity contribution in [3.05, 3.63) is 47.1 Å². The van der Waals surface area contributed by atoms with Crippen LogP contribution in [0.25, 0.3) is 10.2 Å². The highest BCUT2D eigenvalue weighted by Crippen LogP contribution is 2.32. The van der Waals surface area contributed by atoms with Gasteiger partial charge in [-0.05, 0) is 42.1 Å². The summed E-state index contributed by atoms with van der Waals surface area (Å²) in [5.41, 5.74) is 1.81. The molecule has 0 radical (unpaired) electrons. The van der Waals surface area contributed by atoms with Gasteiger partial charge in [0.25, 0.3) is 0 Å². The second-order valence-corrected chi connectivity index (χ2v) is 5.12. The second-order valence-electron chi connectivity index (χ2n) is 4.20. The molecule has 0 saturated carbocycles. The van der Waals surface area contributed by atoms with E-state index in [-0.39, 0.29) is 5.56 Å². The van der Waals surface area contributed by atoms with Crippen LogP contribution < -0.4 is 4.74 Å². The van der Waals surface area contributed by atoms with Gasteiger partial charge in [-0.2, -0.15) is 0 Å². The maximum atomic E-state index is 10.9. The lowest BCUT2D eigenvalue weighted by atomic mass is 10.1. The lowest BCUT2D eigenvalue weighted by Gasteiger charge is -2.08. The number of carbonyl (C=O) groups is 1. The molecule has 2 aromatic heterocycles. The normalized spacial score (nSPS) is 10.7. The summed E-state index contributed by atoms with van der Waals surface area (Å²) in [5, 5.41) is 10.9. The Bertz CT molecular complexity index is 798. The average molecular weight is 286 g/mol. The molecular weight excluding hydrogens is 276 g/mol. The summed E-state index contributed by atoms with van der Waals surface area (Å²) in [6.07, 6.45) is 1.45. The molecule has 3 aromatic rings. The molecule has 6 heteroatoms. The fraction of sp³-hybridized carbons (Fsp3) is 0.0714. The predicted octanol–water partition coefficient (Wildman–Crippen LogP) is 3.49. The van der Waals surface area contributed by atoms with E-state index in [2.05, 4.69) is 9.97 Å². The average Bonchev–Trinajstić information content (AvgIpc) is 2.90. The zero-order valence-electron chi connectivity index (χ0n) is 10.5. The summed E-state index contributed by atoms with van der Waals surface area (Å²) in [4.78, 5) is 19.2. The summed E-state index contributed by atoms with van der Waals surface area (Å²) >= 11 is 1.50. The van der Waals surface area contributed by atoms with Crippen molar-refractivity contribution in [2.75, 3.05) is 0 Å². The molecule has 0 saturated heterocycles. The van der Waals surface area contributed by atoms with Gasteiger partial charge < -0.3 is 9.84 Å². The van der Waals surface area contributed by atoms with Gasteiger partial charge in [0.1, 0.15) is 16.8 Å². The number of aryl methyl sites for hydroxylation is 1. The van der Waals surface area contributed by atoms with Crippen molar-refractivity contribution in [1.29, 1.82) is 0 Å². The van der Waals surface area contributed by atoms with Crippen LogP contribution in [0.2, 0.25) is 0 Å². The zero-order valence-corrected chi connectivity index (χ0v) is 11.3. The van der Waals surface area contributed by atoms with Gasteiger partial charge in [-0.25, -0.2) is 14.8 Å². The fourth-order valence-electron chi connectivity index (χ4n) is 1.84. The van der Waals surface area contributed by atoms with Gasteiger partial charge in [-0.3, -0.25) is 0 Å². The van der Waals surface area contributed by atoms with Crippen molar-refractivity contribution in [2.45, 2.75) is 6.92 Å². The van der Waals surface area contributed by atoms with Gasteiger partial charge in [-0.1, -0.05) is 0 Å². The fourth-order valence-corrected chi connectivity index (χ4v) is 2.61.